The van der Waals surface area contributed by atoms with Gasteiger partial charge < -0.3 is 5.32 Å². The van der Waals surface area contributed by atoms with E-state index < -0.39 is 0 Å². The normalized spacial score (nSPS) is 15.6. The molecular weight excluding hydrogens is 258 g/mol. The van der Waals surface area contributed by atoms with E-state index in [2.05, 4.69) is 16.4 Å². The zero-order chi connectivity index (χ0) is 13.7. The summed E-state index contributed by atoms with van der Waals surface area (Å²) in [5, 5.41) is 11.7. The first-order valence-corrected chi connectivity index (χ1v) is 7.42. The monoisotopic (exact) mass is 275 g/mol. The molecule has 1 aromatic heterocycles. The maximum absolute atomic E-state index is 12.1. The second-order valence-corrected chi connectivity index (χ2v) is 6.11. The van der Waals surface area contributed by atoms with Crippen LogP contribution in [-0.4, -0.2) is 23.2 Å². The van der Waals surface area contributed by atoms with Crippen LogP contribution in [0.3, 0.4) is 0 Å². The highest BCUT2D eigenvalue weighted by atomic mass is 32.2. The van der Waals surface area contributed by atoms with Gasteiger partial charge in [-0.3, -0.25) is 4.79 Å². The van der Waals surface area contributed by atoms with Gasteiger partial charge in [0.25, 0.3) is 5.91 Å². The maximum atomic E-state index is 12.1. The first kappa shape index (κ1) is 13.9. The molecule has 0 unspecified atom stereocenters. The van der Waals surface area contributed by atoms with Gasteiger partial charge in [0, 0.05) is 29.5 Å². The van der Waals surface area contributed by atoms with Gasteiger partial charge in [-0.2, -0.15) is 5.26 Å². The molecule has 100 valence electrons. The fraction of sp³-hybridized carbons (Fsp3) is 0.500. The van der Waals surface area contributed by atoms with Gasteiger partial charge in [0.15, 0.2) is 0 Å². The van der Waals surface area contributed by atoms with Gasteiger partial charge in [0.1, 0.15) is 5.69 Å². The molecule has 0 aromatic carbocycles. The van der Waals surface area contributed by atoms with Crippen LogP contribution in [0, 0.1) is 16.7 Å². The highest BCUT2D eigenvalue weighted by Crippen LogP contribution is 2.47. The minimum absolute atomic E-state index is 0.0251. The predicted molar refractivity (Wildman–Crippen MR) is 74.9 cm³/mol. The lowest BCUT2D eigenvalue weighted by Gasteiger charge is -2.13. The number of rotatable bonds is 6. The van der Waals surface area contributed by atoms with Crippen molar-refractivity contribution in [3.8, 4) is 6.07 Å². The van der Waals surface area contributed by atoms with E-state index in [4.69, 9.17) is 5.26 Å². The summed E-state index contributed by atoms with van der Waals surface area (Å²) in [7, 11) is 0. The van der Waals surface area contributed by atoms with Gasteiger partial charge in [-0.1, -0.05) is 6.92 Å². The number of hydrogen-bond donors (Lipinski definition) is 1. The minimum Gasteiger partial charge on any atom is -0.350 e. The summed E-state index contributed by atoms with van der Waals surface area (Å²) < 4.78 is 0. The average molecular weight is 275 g/mol. The highest BCUT2D eigenvalue weighted by molar-refractivity contribution is 7.99. The molecule has 4 nitrogen and oxygen atoms in total. The Morgan fingerprint density at radius 1 is 1.63 bits per heavy atom. The fourth-order valence-corrected chi connectivity index (χ4v) is 2.71. The van der Waals surface area contributed by atoms with Crippen LogP contribution in [0.2, 0.25) is 0 Å². The SMILES string of the molecule is CCSc1cccnc1C(=O)NCC1(CC#N)CC1. The number of carbonyl (C=O) groups is 1. The summed E-state index contributed by atoms with van der Waals surface area (Å²) in [5.74, 6) is 0.769. The van der Waals surface area contributed by atoms with E-state index >= 15 is 0 Å². The lowest BCUT2D eigenvalue weighted by atomic mass is 10.0. The molecule has 1 aliphatic carbocycles. The van der Waals surface area contributed by atoms with Crippen LogP contribution in [0.4, 0.5) is 0 Å². The molecule has 0 bridgehead atoms. The van der Waals surface area contributed by atoms with E-state index in [-0.39, 0.29) is 11.3 Å². The molecular formula is C14H17N3OS. The zero-order valence-corrected chi connectivity index (χ0v) is 11.8. The molecule has 1 aromatic rings. The van der Waals surface area contributed by atoms with E-state index in [1.54, 1.807) is 18.0 Å². The average Bonchev–Trinajstić information content (AvgIpc) is 3.18. The summed E-state index contributed by atoms with van der Waals surface area (Å²) in [6.07, 6.45) is 4.21. The van der Waals surface area contributed by atoms with E-state index in [1.165, 1.54) is 0 Å². The zero-order valence-electron chi connectivity index (χ0n) is 11.0. The Morgan fingerprint density at radius 3 is 3.05 bits per heavy atom. The summed E-state index contributed by atoms with van der Waals surface area (Å²) >= 11 is 1.61. The lowest BCUT2D eigenvalue weighted by Crippen LogP contribution is -2.31. The van der Waals surface area contributed by atoms with Crippen molar-refractivity contribution in [3.05, 3.63) is 24.0 Å². The molecule has 2 rings (SSSR count). The van der Waals surface area contributed by atoms with E-state index in [0.717, 1.165) is 23.5 Å². The second-order valence-electron chi connectivity index (χ2n) is 4.80. The molecule has 1 heterocycles. The Labute approximate surface area is 117 Å². The van der Waals surface area contributed by atoms with E-state index in [9.17, 15) is 4.79 Å². The molecule has 1 fully saturated rings. The van der Waals surface area contributed by atoms with Gasteiger partial charge in [0.05, 0.1) is 6.07 Å². The quantitative estimate of drug-likeness (QED) is 0.810. The number of amides is 1. The number of carbonyl (C=O) groups excluding carboxylic acids is 1. The number of pyridine rings is 1. The van der Waals surface area contributed by atoms with Crippen LogP contribution < -0.4 is 5.32 Å². The van der Waals surface area contributed by atoms with Crippen molar-refractivity contribution in [1.82, 2.24) is 10.3 Å². The number of hydrogen-bond acceptors (Lipinski definition) is 4. The predicted octanol–water partition coefficient (Wildman–Crippen LogP) is 2.62. The molecule has 1 amide bonds. The van der Waals surface area contributed by atoms with Crippen LogP contribution in [0.1, 0.15) is 36.7 Å². The summed E-state index contributed by atoms with van der Waals surface area (Å²) in [6, 6.07) is 5.95. The van der Waals surface area contributed by atoms with Crippen molar-refractivity contribution >= 4 is 17.7 Å². The Kier molecular flexibility index (Phi) is 4.43. The number of nitrogens with zero attached hydrogens (tertiary/aromatic N) is 2. The summed E-state index contributed by atoms with van der Waals surface area (Å²) in [5.41, 5.74) is 0.513. The first-order chi connectivity index (χ1) is 9.21. The largest absolute Gasteiger partial charge is 0.350 e. The third-order valence-electron chi connectivity index (χ3n) is 3.32. The summed E-state index contributed by atoms with van der Waals surface area (Å²) in [4.78, 5) is 17.2. The van der Waals surface area contributed by atoms with Crippen molar-refractivity contribution in [2.24, 2.45) is 5.41 Å². The van der Waals surface area contributed by atoms with Crippen molar-refractivity contribution < 1.29 is 4.79 Å². The Hall–Kier alpha value is -1.54. The smallest absolute Gasteiger partial charge is 0.271 e. The Balaban J connectivity index is 1.99. The maximum Gasteiger partial charge on any atom is 0.271 e. The molecule has 5 heteroatoms. The molecule has 0 aliphatic heterocycles. The minimum atomic E-state index is -0.138. The molecule has 19 heavy (non-hydrogen) atoms. The van der Waals surface area contributed by atoms with Crippen LogP contribution in [0.15, 0.2) is 23.2 Å². The van der Waals surface area contributed by atoms with Gasteiger partial charge in [-0.15, -0.1) is 11.8 Å². The van der Waals surface area contributed by atoms with Gasteiger partial charge >= 0.3 is 0 Å². The summed E-state index contributed by atoms with van der Waals surface area (Å²) in [6.45, 7) is 2.62. The van der Waals surface area contributed by atoms with Crippen molar-refractivity contribution in [1.29, 1.82) is 5.26 Å². The van der Waals surface area contributed by atoms with E-state index in [0.29, 0.717) is 18.7 Å². The number of aromatic nitrogens is 1. The van der Waals surface area contributed by atoms with Crippen molar-refractivity contribution in [2.45, 2.75) is 31.1 Å². The topological polar surface area (TPSA) is 65.8 Å². The van der Waals surface area contributed by atoms with Gasteiger partial charge in [-0.05, 0) is 30.7 Å². The van der Waals surface area contributed by atoms with E-state index in [1.807, 2.05) is 19.1 Å². The molecule has 1 N–H and O–H groups in total. The fourth-order valence-electron chi connectivity index (χ4n) is 1.95. The molecule has 0 saturated heterocycles. The molecule has 1 aliphatic rings. The van der Waals surface area contributed by atoms with Gasteiger partial charge in [0.2, 0.25) is 0 Å². The Bertz CT molecular complexity index is 506. The number of nitriles is 1. The Morgan fingerprint density at radius 2 is 2.42 bits per heavy atom. The second kappa shape index (κ2) is 6.07. The van der Waals surface area contributed by atoms with Crippen LogP contribution in [-0.2, 0) is 0 Å². The van der Waals surface area contributed by atoms with Gasteiger partial charge in [-0.25, -0.2) is 4.98 Å². The highest BCUT2D eigenvalue weighted by Gasteiger charge is 2.42. The molecule has 0 atom stereocenters. The first-order valence-electron chi connectivity index (χ1n) is 6.44. The molecule has 0 spiro atoms. The van der Waals surface area contributed by atoms with Crippen LogP contribution in [0.5, 0.6) is 0 Å². The molecule has 0 radical (unpaired) electrons. The lowest BCUT2D eigenvalue weighted by molar-refractivity contribution is 0.0937. The number of thioether (sulfide) groups is 1. The van der Waals surface area contributed by atoms with Crippen molar-refractivity contribution in [3.63, 3.8) is 0 Å². The number of nitrogens with one attached hydrogen (secondary N) is 1. The van der Waals surface area contributed by atoms with Crippen LogP contribution in [0.25, 0.3) is 0 Å². The third-order valence-corrected chi connectivity index (χ3v) is 4.25. The van der Waals surface area contributed by atoms with Crippen LogP contribution >= 0.6 is 11.8 Å². The molecule has 1 saturated carbocycles. The third kappa shape index (κ3) is 3.48. The van der Waals surface area contributed by atoms with Crippen molar-refractivity contribution in [2.75, 3.05) is 12.3 Å². The standard InChI is InChI=1S/C14H17N3OS/c1-2-19-11-4-3-9-16-12(11)13(18)17-10-14(5-6-14)7-8-15/h3-4,9H,2,5-7,10H2,1H3,(H,17,18).